The first-order chi connectivity index (χ1) is 13.2. The first-order valence-electron chi connectivity index (χ1n) is 9.47. The van der Waals surface area contributed by atoms with Crippen molar-refractivity contribution in [2.45, 2.75) is 32.9 Å². The predicted octanol–water partition coefficient (Wildman–Crippen LogP) is 1.64. The van der Waals surface area contributed by atoms with E-state index in [-0.39, 0.29) is 12.5 Å². The van der Waals surface area contributed by atoms with Crippen molar-refractivity contribution < 1.29 is 9.21 Å². The topological polar surface area (TPSA) is 87.7 Å². The van der Waals surface area contributed by atoms with Gasteiger partial charge in [0.05, 0.1) is 25.2 Å². The van der Waals surface area contributed by atoms with Crippen LogP contribution in [0.1, 0.15) is 32.1 Å². The molecule has 3 rings (SSSR count). The zero-order chi connectivity index (χ0) is 19.1. The minimum Gasteiger partial charge on any atom is -0.467 e. The number of furan rings is 1. The average Bonchev–Trinajstić information content (AvgIpc) is 3.37. The Kier molecular flexibility index (Phi) is 6.51. The summed E-state index contributed by atoms with van der Waals surface area (Å²) in [5, 5.41) is 6.14. The number of nitrogens with one attached hydrogen (secondary N) is 2. The summed E-state index contributed by atoms with van der Waals surface area (Å²) >= 11 is 0. The van der Waals surface area contributed by atoms with Crippen molar-refractivity contribution in [3.8, 4) is 0 Å². The Bertz CT molecular complexity index is 725. The molecule has 2 aromatic rings. The summed E-state index contributed by atoms with van der Waals surface area (Å²) in [6.45, 7) is 7.30. The van der Waals surface area contributed by atoms with Gasteiger partial charge in [-0.05, 0) is 31.4 Å². The molecule has 0 radical (unpaired) electrons. The lowest BCUT2D eigenvalue weighted by atomic mass is 9.93. The summed E-state index contributed by atoms with van der Waals surface area (Å²) in [7, 11) is 0. The molecule has 0 aliphatic carbocycles. The van der Waals surface area contributed by atoms with Crippen LogP contribution in [0.4, 0.5) is 0 Å². The number of rotatable bonds is 6. The van der Waals surface area contributed by atoms with E-state index in [0.717, 1.165) is 37.8 Å². The number of imidazole rings is 1. The van der Waals surface area contributed by atoms with E-state index in [4.69, 9.17) is 4.42 Å². The van der Waals surface area contributed by atoms with Crippen molar-refractivity contribution in [2.24, 2.45) is 10.9 Å². The lowest BCUT2D eigenvalue weighted by Gasteiger charge is -2.39. The molecule has 27 heavy (non-hydrogen) atoms. The molecule has 1 fully saturated rings. The fourth-order valence-electron chi connectivity index (χ4n) is 3.32. The number of likely N-dealkylation sites (tertiary alicyclic amines) is 1. The number of guanidine groups is 1. The Balaban J connectivity index is 1.59. The molecule has 8 heteroatoms. The van der Waals surface area contributed by atoms with Crippen LogP contribution in [0, 0.1) is 5.92 Å². The smallest absolute Gasteiger partial charge is 0.242 e. The zero-order valence-corrected chi connectivity index (χ0v) is 16.0. The molecule has 0 saturated carbocycles. The molecule has 1 saturated heterocycles. The molecule has 1 amide bonds. The van der Waals surface area contributed by atoms with Crippen LogP contribution in [0.2, 0.25) is 0 Å². The van der Waals surface area contributed by atoms with Crippen molar-refractivity contribution in [3.63, 3.8) is 0 Å². The Morgan fingerprint density at radius 2 is 2.33 bits per heavy atom. The molecule has 2 unspecified atom stereocenters. The SMILES string of the molecule is CCNC(=NCC(=O)NCc1ccco1)N1CCC(C)C(n2ccnc2)C1. The fraction of sp³-hybridized carbons (Fsp3) is 0.526. The zero-order valence-electron chi connectivity index (χ0n) is 16.0. The summed E-state index contributed by atoms with van der Waals surface area (Å²) < 4.78 is 7.39. The number of aromatic nitrogens is 2. The van der Waals surface area contributed by atoms with Crippen LogP contribution in [-0.4, -0.2) is 52.5 Å². The molecular weight excluding hydrogens is 344 g/mol. The van der Waals surface area contributed by atoms with E-state index < -0.39 is 0 Å². The van der Waals surface area contributed by atoms with Crippen molar-refractivity contribution in [1.82, 2.24) is 25.1 Å². The first-order valence-corrected chi connectivity index (χ1v) is 9.47. The van der Waals surface area contributed by atoms with Gasteiger partial charge in [-0.2, -0.15) is 0 Å². The average molecular weight is 372 g/mol. The van der Waals surface area contributed by atoms with Crippen molar-refractivity contribution in [1.29, 1.82) is 0 Å². The number of piperidine rings is 1. The lowest BCUT2D eigenvalue weighted by Crippen LogP contribution is -2.49. The minimum atomic E-state index is -0.127. The molecule has 1 aliphatic rings. The summed E-state index contributed by atoms with van der Waals surface area (Å²) in [6.07, 6.45) is 8.36. The van der Waals surface area contributed by atoms with Gasteiger partial charge in [-0.15, -0.1) is 0 Å². The standard InChI is InChI=1S/C19H28N6O2/c1-3-21-19(23-12-18(26)22-11-16-5-4-10-27-16)24-8-6-15(2)17(13-24)25-9-7-20-14-25/h4-5,7,9-10,14-15,17H,3,6,8,11-13H2,1-2H3,(H,21,23)(H,22,26). The third-order valence-corrected chi connectivity index (χ3v) is 4.87. The van der Waals surface area contributed by atoms with E-state index in [9.17, 15) is 4.79 Å². The number of carbonyl (C=O) groups excluding carboxylic acids is 1. The molecule has 2 N–H and O–H groups in total. The summed E-state index contributed by atoms with van der Waals surface area (Å²) in [5.74, 6) is 1.95. The van der Waals surface area contributed by atoms with Crippen LogP contribution in [0.25, 0.3) is 0 Å². The summed E-state index contributed by atoms with van der Waals surface area (Å²) in [6, 6.07) is 3.98. The highest BCUT2D eigenvalue weighted by Crippen LogP contribution is 2.27. The molecule has 3 heterocycles. The Labute approximate surface area is 159 Å². The van der Waals surface area contributed by atoms with E-state index in [0.29, 0.717) is 18.5 Å². The fourth-order valence-corrected chi connectivity index (χ4v) is 3.32. The van der Waals surface area contributed by atoms with Crippen molar-refractivity contribution in [2.75, 3.05) is 26.2 Å². The van der Waals surface area contributed by atoms with E-state index in [1.807, 2.05) is 31.7 Å². The highest BCUT2D eigenvalue weighted by Gasteiger charge is 2.28. The van der Waals surface area contributed by atoms with Crippen molar-refractivity contribution >= 4 is 11.9 Å². The van der Waals surface area contributed by atoms with E-state index in [1.165, 1.54) is 0 Å². The minimum absolute atomic E-state index is 0.0881. The maximum atomic E-state index is 12.1. The monoisotopic (exact) mass is 372 g/mol. The van der Waals surface area contributed by atoms with Gasteiger partial charge in [0.15, 0.2) is 5.96 Å². The van der Waals surface area contributed by atoms with E-state index in [2.05, 4.69) is 37.0 Å². The molecule has 1 aliphatic heterocycles. The van der Waals surface area contributed by atoms with Crippen molar-refractivity contribution in [3.05, 3.63) is 42.9 Å². The third-order valence-electron chi connectivity index (χ3n) is 4.87. The van der Waals surface area contributed by atoms with E-state index in [1.54, 1.807) is 12.3 Å². The van der Waals surface area contributed by atoms with Gasteiger partial charge in [0.1, 0.15) is 12.3 Å². The second-order valence-electron chi connectivity index (χ2n) is 6.82. The van der Waals surface area contributed by atoms with Gasteiger partial charge in [0.2, 0.25) is 5.91 Å². The second-order valence-corrected chi connectivity index (χ2v) is 6.82. The van der Waals surface area contributed by atoms with Gasteiger partial charge >= 0.3 is 0 Å². The largest absolute Gasteiger partial charge is 0.467 e. The molecular formula is C19H28N6O2. The van der Waals surface area contributed by atoms with Crippen LogP contribution in [0.5, 0.6) is 0 Å². The van der Waals surface area contributed by atoms with Gasteiger partial charge in [0, 0.05) is 32.0 Å². The number of aliphatic imine (C=N–C) groups is 1. The van der Waals surface area contributed by atoms with Gasteiger partial charge < -0.3 is 24.5 Å². The number of hydrogen-bond donors (Lipinski definition) is 2. The third kappa shape index (κ3) is 5.12. The maximum Gasteiger partial charge on any atom is 0.242 e. The number of amides is 1. The second kappa shape index (κ2) is 9.25. The molecule has 146 valence electrons. The number of carbonyl (C=O) groups is 1. The van der Waals surface area contributed by atoms with Crippen LogP contribution < -0.4 is 10.6 Å². The van der Waals surface area contributed by atoms with Crippen LogP contribution >= 0.6 is 0 Å². The highest BCUT2D eigenvalue weighted by atomic mass is 16.3. The molecule has 0 bridgehead atoms. The predicted molar refractivity (Wildman–Crippen MR) is 103 cm³/mol. The van der Waals surface area contributed by atoms with Crippen LogP contribution in [0.15, 0.2) is 46.5 Å². The number of nitrogens with zero attached hydrogens (tertiary/aromatic N) is 4. The van der Waals surface area contributed by atoms with E-state index >= 15 is 0 Å². The van der Waals surface area contributed by atoms with Crippen LogP contribution in [0.3, 0.4) is 0 Å². The summed E-state index contributed by atoms with van der Waals surface area (Å²) in [5.41, 5.74) is 0. The van der Waals surface area contributed by atoms with Gasteiger partial charge in [-0.25, -0.2) is 9.98 Å². The van der Waals surface area contributed by atoms with Gasteiger partial charge in [0.25, 0.3) is 0 Å². The highest BCUT2D eigenvalue weighted by molar-refractivity contribution is 5.85. The van der Waals surface area contributed by atoms with Gasteiger partial charge in [-0.3, -0.25) is 4.79 Å². The van der Waals surface area contributed by atoms with Crippen LogP contribution in [-0.2, 0) is 11.3 Å². The summed E-state index contributed by atoms with van der Waals surface area (Å²) in [4.78, 5) is 23.1. The Hall–Kier alpha value is -2.77. The lowest BCUT2D eigenvalue weighted by molar-refractivity contribution is -0.119. The Morgan fingerprint density at radius 1 is 1.44 bits per heavy atom. The maximum absolute atomic E-state index is 12.1. The molecule has 0 aromatic carbocycles. The Morgan fingerprint density at radius 3 is 3.04 bits per heavy atom. The number of hydrogen-bond acceptors (Lipinski definition) is 4. The normalized spacial score (nSPS) is 20.5. The first kappa shape index (κ1) is 19.0. The molecule has 0 spiro atoms. The molecule has 2 atom stereocenters. The molecule has 8 nitrogen and oxygen atoms in total. The van der Waals surface area contributed by atoms with Gasteiger partial charge in [-0.1, -0.05) is 6.92 Å². The molecule has 2 aromatic heterocycles. The quantitative estimate of drug-likeness (QED) is 0.595.